The lowest BCUT2D eigenvalue weighted by molar-refractivity contribution is 0.796. The van der Waals surface area contributed by atoms with Gasteiger partial charge >= 0.3 is 0 Å². The number of thioether (sulfide) groups is 1. The summed E-state index contributed by atoms with van der Waals surface area (Å²) in [5.41, 5.74) is 8.96. The number of rotatable bonds is 6. The lowest BCUT2D eigenvalue weighted by Gasteiger charge is -2.10. The van der Waals surface area contributed by atoms with Crippen LogP contribution in [0.25, 0.3) is 0 Å². The van der Waals surface area contributed by atoms with Crippen molar-refractivity contribution in [1.29, 1.82) is 0 Å². The summed E-state index contributed by atoms with van der Waals surface area (Å²) in [6.07, 6.45) is 1.93. The van der Waals surface area contributed by atoms with Crippen LogP contribution in [0.15, 0.2) is 29.2 Å². The zero-order valence-electron chi connectivity index (χ0n) is 12.4. The van der Waals surface area contributed by atoms with Gasteiger partial charge in [0.05, 0.1) is 5.75 Å². The monoisotopic (exact) mass is 321 g/mol. The fraction of sp³-hybridized carbons (Fsp3) is 0.375. The number of nitrogens with zero attached hydrogens (tertiary/aromatic N) is 2. The fourth-order valence-corrected chi connectivity index (χ4v) is 3.07. The van der Waals surface area contributed by atoms with Crippen LogP contribution in [0.2, 0.25) is 5.02 Å². The summed E-state index contributed by atoms with van der Waals surface area (Å²) in [7, 11) is 0. The molecule has 1 heterocycles. The smallest absolute Gasteiger partial charge is 0.139 e. The molecule has 2 N–H and O–H groups in total. The molecule has 0 amide bonds. The molecule has 0 spiro atoms. The molecule has 5 heteroatoms. The van der Waals surface area contributed by atoms with Crippen molar-refractivity contribution in [3.8, 4) is 0 Å². The lowest BCUT2D eigenvalue weighted by atomic mass is 10.1. The summed E-state index contributed by atoms with van der Waals surface area (Å²) >= 11 is 7.61. The Labute approximate surface area is 135 Å². The molecule has 0 fully saturated rings. The SMILES string of the molecule is Cc1nc(CSc2ccc(Cl)cc2)nc(C)c1CCCN. The van der Waals surface area contributed by atoms with E-state index in [0.29, 0.717) is 6.54 Å². The van der Waals surface area contributed by atoms with Crippen molar-refractivity contribution in [2.24, 2.45) is 5.73 Å². The zero-order chi connectivity index (χ0) is 15.2. The molecule has 0 aliphatic heterocycles. The first-order valence-corrected chi connectivity index (χ1v) is 8.38. The van der Waals surface area contributed by atoms with Gasteiger partial charge in [-0.15, -0.1) is 11.8 Å². The molecule has 2 aromatic rings. The highest BCUT2D eigenvalue weighted by Crippen LogP contribution is 2.24. The van der Waals surface area contributed by atoms with Crippen LogP contribution in [0.3, 0.4) is 0 Å². The maximum atomic E-state index is 5.89. The van der Waals surface area contributed by atoms with Crippen LogP contribution in [-0.2, 0) is 12.2 Å². The minimum atomic E-state index is 0.701. The van der Waals surface area contributed by atoms with E-state index in [0.717, 1.165) is 40.8 Å². The average Bonchev–Trinajstić information content (AvgIpc) is 2.46. The Morgan fingerprint density at radius 2 is 1.71 bits per heavy atom. The van der Waals surface area contributed by atoms with Crippen molar-refractivity contribution < 1.29 is 0 Å². The minimum absolute atomic E-state index is 0.701. The minimum Gasteiger partial charge on any atom is -0.330 e. The normalized spacial score (nSPS) is 10.9. The largest absolute Gasteiger partial charge is 0.330 e. The molecule has 0 saturated heterocycles. The molecule has 0 radical (unpaired) electrons. The van der Waals surface area contributed by atoms with Crippen LogP contribution in [0.5, 0.6) is 0 Å². The number of benzene rings is 1. The number of halogens is 1. The van der Waals surface area contributed by atoms with Gasteiger partial charge in [-0.05, 0) is 63.1 Å². The van der Waals surface area contributed by atoms with Crippen LogP contribution in [0.4, 0.5) is 0 Å². The molecule has 1 aromatic carbocycles. The predicted octanol–water partition coefficient (Wildman–Crippen LogP) is 3.93. The van der Waals surface area contributed by atoms with E-state index in [1.165, 1.54) is 10.5 Å². The average molecular weight is 322 g/mol. The van der Waals surface area contributed by atoms with E-state index in [-0.39, 0.29) is 0 Å². The lowest BCUT2D eigenvalue weighted by Crippen LogP contribution is -2.07. The molecular formula is C16H20ClN3S. The van der Waals surface area contributed by atoms with E-state index in [1.807, 2.05) is 24.3 Å². The van der Waals surface area contributed by atoms with Crippen LogP contribution in [0.1, 0.15) is 29.2 Å². The summed E-state index contributed by atoms with van der Waals surface area (Å²) in [5, 5.41) is 0.756. The van der Waals surface area contributed by atoms with Gasteiger partial charge in [-0.2, -0.15) is 0 Å². The predicted molar refractivity (Wildman–Crippen MR) is 89.9 cm³/mol. The van der Waals surface area contributed by atoms with Crippen LogP contribution in [-0.4, -0.2) is 16.5 Å². The van der Waals surface area contributed by atoms with Gasteiger partial charge in [-0.3, -0.25) is 0 Å². The molecule has 0 saturated carbocycles. The summed E-state index contributed by atoms with van der Waals surface area (Å²) in [5.74, 6) is 1.64. The molecule has 0 unspecified atom stereocenters. The van der Waals surface area contributed by atoms with Crippen LogP contribution in [0, 0.1) is 13.8 Å². The van der Waals surface area contributed by atoms with E-state index in [2.05, 4.69) is 23.8 Å². The quantitative estimate of drug-likeness (QED) is 0.819. The van der Waals surface area contributed by atoms with Gasteiger partial charge in [0.15, 0.2) is 0 Å². The van der Waals surface area contributed by atoms with Gasteiger partial charge in [0.1, 0.15) is 5.82 Å². The molecule has 2 rings (SSSR count). The Kier molecular flexibility index (Phi) is 6.03. The summed E-state index contributed by atoms with van der Waals surface area (Å²) < 4.78 is 0. The van der Waals surface area contributed by atoms with Gasteiger partial charge < -0.3 is 5.73 Å². The fourth-order valence-electron chi connectivity index (χ4n) is 2.19. The van der Waals surface area contributed by atoms with Crippen molar-refractivity contribution >= 4 is 23.4 Å². The Bertz CT molecular complexity index is 576. The number of hydrogen-bond donors (Lipinski definition) is 1. The second kappa shape index (κ2) is 7.78. The molecule has 0 aliphatic carbocycles. The van der Waals surface area contributed by atoms with Crippen molar-refractivity contribution in [2.75, 3.05) is 6.54 Å². The molecule has 21 heavy (non-hydrogen) atoms. The second-order valence-corrected chi connectivity index (χ2v) is 6.41. The Morgan fingerprint density at radius 3 is 2.29 bits per heavy atom. The first-order chi connectivity index (χ1) is 10.1. The molecule has 0 atom stereocenters. The van der Waals surface area contributed by atoms with Gasteiger partial charge in [0, 0.05) is 21.3 Å². The van der Waals surface area contributed by atoms with Crippen molar-refractivity contribution in [2.45, 2.75) is 37.3 Å². The zero-order valence-corrected chi connectivity index (χ0v) is 14.0. The Balaban J connectivity index is 2.05. The third-order valence-electron chi connectivity index (χ3n) is 3.28. The third kappa shape index (κ3) is 4.70. The molecule has 112 valence electrons. The molecular weight excluding hydrogens is 302 g/mol. The standard InChI is InChI=1S/C16H20ClN3S/c1-11-15(4-3-9-18)12(2)20-16(19-11)10-21-14-7-5-13(17)6-8-14/h5-8H,3-4,9-10,18H2,1-2H3. The van der Waals surface area contributed by atoms with E-state index in [1.54, 1.807) is 11.8 Å². The topological polar surface area (TPSA) is 51.8 Å². The van der Waals surface area contributed by atoms with Gasteiger partial charge in [0.25, 0.3) is 0 Å². The molecule has 3 nitrogen and oxygen atoms in total. The van der Waals surface area contributed by atoms with E-state index in [9.17, 15) is 0 Å². The first-order valence-electron chi connectivity index (χ1n) is 7.01. The van der Waals surface area contributed by atoms with Crippen LogP contribution >= 0.6 is 23.4 Å². The number of hydrogen-bond acceptors (Lipinski definition) is 4. The van der Waals surface area contributed by atoms with E-state index >= 15 is 0 Å². The van der Waals surface area contributed by atoms with E-state index < -0.39 is 0 Å². The number of aryl methyl sites for hydroxylation is 2. The van der Waals surface area contributed by atoms with Gasteiger partial charge in [-0.25, -0.2) is 9.97 Å². The highest BCUT2D eigenvalue weighted by Gasteiger charge is 2.08. The maximum Gasteiger partial charge on any atom is 0.139 e. The van der Waals surface area contributed by atoms with Crippen LogP contribution < -0.4 is 5.73 Å². The number of aromatic nitrogens is 2. The summed E-state index contributed by atoms with van der Waals surface area (Å²) in [4.78, 5) is 10.4. The van der Waals surface area contributed by atoms with Crippen molar-refractivity contribution in [3.63, 3.8) is 0 Å². The second-order valence-electron chi connectivity index (χ2n) is 4.92. The first kappa shape index (κ1) is 16.3. The van der Waals surface area contributed by atoms with Gasteiger partial charge in [-0.1, -0.05) is 11.6 Å². The Hall–Kier alpha value is -1.10. The Morgan fingerprint density at radius 1 is 1.10 bits per heavy atom. The van der Waals surface area contributed by atoms with Gasteiger partial charge in [0.2, 0.25) is 0 Å². The summed E-state index contributed by atoms with van der Waals surface area (Å²) in [6, 6.07) is 7.83. The highest BCUT2D eigenvalue weighted by atomic mass is 35.5. The summed E-state index contributed by atoms with van der Waals surface area (Å²) in [6.45, 7) is 4.81. The number of nitrogens with two attached hydrogens (primary N) is 1. The highest BCUT2D eigenvalue weighted by molar-refractivity contribution is 7.98. The molecule has 1 aromatic heterocycles. The van der Waals surface area contributed by atoms with E-state index in [4.69, 9.17) is 17.3 Å². The van der Waals surface area contributed by atoms with Crippen molar-refractivity contribution in [3.05, 3.63) is 52.1 Å². The van der Waals surface area contributed by atoms with Crippen molar-refractivity contribution in [1.82, 2.24) is 9.97 Å². The molecule has 0 aliphatic rings. The molecule has 0 bridgehead atoms. The maximum absolute atomic E-state index is 5.89. The third-order valence-corrected chi connectivity index (χ3v) is 4.54.